The van der Waals surface area contributed by atoms with E-state index in [1.54, 1.807) is 0 Å². The van der Waals surface area contributed by atoms with Gasteiger partial charge in [-0.1, -0.05) is 182 Å². The number of aliphatic carboxylic acids is 2. The van der Waals surface area contributed by atoms with Gasteiger partial charge >= 0.3 is 11.9 Å². The fourth-order valence-electron chi connectivity index (χ4n) is 6.11. The maximum atomic E-state index is 11.2. The van der Waals surface area contributed by atoms with Crippen molar-refractivity contribution < 1.29 is 29.3 Å². The highest BCUT2D eigenvalue weighted by molar-refractivity contribution is 5.73. The van der Waals surface area contributed by atoms with Gasteiger partial charge in [0.15, 0.2) is 0 Å². The second kappa shape index (κ2) is 17.8. The van der Waals surface area contributed by atoms with Crippen molar-refractivity contribution in [3.8, 4) is 0 Å². The number of benzene rings is 6. The molecule has 0 amide bonds. The summed E-state index contributed by atoms with van der Waals surface area (Å²) in [6.07, 6.45) is 0. The number of rotatable bonds is 14. The SMILES string of the molecule is N[C@@H](COC(c1ccccc1)(c1ccccc1)c1ccccc1)C(=O)O.N[C@@H](COC(c1ccccc1)(c1ccccc1)c1ccccc1)C(=O)O. The third-order valence-corrected chi connectivity index (χ3v) is 8.68. The van der Waals surface area contributed by atoms with Gasteiger partial charge in [0.2, 0.25) is 0 Å². The molecule has 0 aliphatic heterocycles. The Morgan fingerprint density at radius 2 is 0.577 bits per heavy atom. The molecular weight excluding hydrogens is 652 g/mol. The van der Waals surface area contributed by atoms with E-state index >= 15 is 0 Å². The second-order valence-corrected chi connectivity index (χ2v) is 12.1. The Balaban J connectivity index is 0.000000201. The molecule has 8 heteroatoms. The summed E-state index contributed by atoms with van der Waals surface area (Å²) < 4.78 is 12.6. The van der Waals surface area contributed by atoms with E-state index in [9.17, 15) is 19.8 Å². The molecule has 6 aromatic carbocycles. The standard InChI is InChI=1S/2C22H21NO3/c2*23-20(21(24)25)16-26-22(17-10-4-1-5-11-17,18-12-6-2-7-13-18)19-14-8-3-9-15-19/h2*1-15,20H,16,23H2,(H,24,25)/t2*20-/m00/s1. The minimum atomic E-state index is -1.11. The van der Waals surface area contributed by atoms with Gasteiger partial charge in [0.05, 0.1) is 13.2 Å². The van der Waals surface area contributed by atoms with Crippen LogP contribution in [-0.4, -0.2) is 47.4 Å². The molecule has 0 bridgehead atoms. The van der Waals surface area contributed by atoms with E-state index in [2.05, 4.69) is 0 Å². The van der Waals surface area contributed by atoms with E-state index in [1.807, 2.05) is 182 Å². The zero-order valence-electron chi connectivity index (χ0n) is 28.6. The lowest BCUT2D eigenvalue weighted by molar-refractivity contribution is -0.142. The zero-order chi connectivity index (χ0) is 36.8. The summed E-state index contributed by atoms with van der Waals surface area (Å²) in [4.78, 5) is 22.4. The Morgan fingerprint density at radius 3 is 0.731 bits per heavy atom. The molecule has 6 aromatic rings. The topological polar surface area (TPSA) is 145 Å². The van der Waals surface area contributed by atoms with Gasteiger partial charge in [-0.15, -0.1) is 0 Å². The molecule has 0 radical (unpaired) electrons. The number of nitrogens with two attached hydrogens (primary N) is 2. The summed E-state index contributed by atoms with van der Waals surface area (Å²) >= 11 is 0. The van der Waals surface area contributed by atoms with Gasteiger partial charge in [-0.3, -0.25) is 9.59 Å². The van der Waals surface area contributed by atoms with Crippen LogP contribution in [0, 0.1) is 0 Å². The van der Waals surface area contributed by atoms with Crippen molar-refractivity contribution in [2.24, 2.45) is 11.5 Å². The van der Waals surface area contributed by atoms with Crippen molar-refractivity contribution in [1.82, 2.24) is 0 Å². The third-order valence-electron chi connectivity index (χ3n) is 8.68. The molecule has 264 valence electrons. The number of carbonyl (C=O) groups is 2. The van der Waals surface area contributed by atoms with Crippen molar-refractivity contribution in [1.29, 1.82) is 0 Å². The largest absolute Gasteiger partial charge is 0.480 e. The van der Waals surface area contributed by atoms with E-state index in [0.717, 1.165) is 33.4 Å². The van der Waals surface area contributed by atoms with Gasteiger partial charge in [0, 0.05) is 0 Å². The Morgan fingerprint density at radius 1 is 0.404 bits per heavy atom. The van der Waals surface area contributed by atoms with Gasteiger partial charge in [0.1, 0.15) is 23.3 Å². The highest BCUT2D eigenvalue weighted by Crippen LogP contribution is 2.41. The Kier molecular flexibility index (Phi) is 12.8. The molecule has 0 saturated heterocycles. The van der Waals surface area contributed by atoms with Crippen molar-refractivity contribution in [2.75, 3.05) is 13.2 Å². The van der Waals surface area contributed by atoms with Crippen molar-refractivity contribution >= 4 is 11.9 Å². The Bertz CT molecular complexity index is 1620. The van der Waals surface area contributed by atoms with Crippen LogP contribution in [0.4, 0.5) is 0 Å². The van der Waals surface area contributed by atoms with Gasteiger partial charge in [0.25, 0.3) is 0 Å². The van der Waals surface area contributed by atoms with Gasteiger partial charge < -0.3 is 31.2 Å². The normalized spacial score (nSPS) is 12.5. The molecular formula is C44H42N2O6. The monoisotopic (exact) mass is 694 g/mol. The molecule has 0 saturated carbocycles. The van der Waals surface area contributed by atoms with Crippen molar-refractivity contribution in [3.05, 3.63) is 215 Å². The first kappa shape index (κ1) is 37.4. The maximum Gasteiger partial charge on any atom is 0.322 e. The fraction of sp³-hybridized carbons (Fsp3) is 0.136. The first-order valence-electron chi connectivity index (χ1n) is 16.9. The smallest absolute Gasteiger partial charge is 0.322 e. The molecule has 6 rings (SSSR count). The minimum absolute atomic E-state index is 0.117. The summed E-state index contributed by atoms with van der Waals surface area (Å²) in [6.45, 7) is -0.234. The molecule has 0 spiro atoms. The lowest BCUT2D eigenvalue weighted by atomic mass is 9.80. The second-order valence-electron chi connectivity index (χ2n) is 12.1. The fourth-order valence-corrected chi connectivity index (χ4v) is 6.11. The van der Waals surface area contributed by atoms with Crippen LogP contribution in [0.2, 0.25) is 0 Å². The van der Waals surface area contributed by atoms with E-state index in [1.165, 1.54) is 0 Å². The first-order valence-corrected chi connectivity index (χ1v) is 16.9. The number of hydrogen-bond acceptors (Lipinski definition) is 6. The number of carboxylic acids is 2. The molecule has 0 unspecified atom stereocenters. The summed E-state index contributed by atoms with van der Waals surface area (Å²) in [5.74, 6) is -2.18. The van der Waals surface area contributed by atoms with Gasteiger partial charge in [-0.05, 0) is 33.4 Å². The molecule has 2 atom stereocenters. The molecule has 6 N–H and O–H groups in total. The quantitative estimate of drug-likeness (QED) is 0.0910. The predicted octanol–water partition coefficient (Wildman–Crippen LogP) is 6.81. The molecule has 0 fully saturated rings. The number of ether oxygens (including phenoxy) is 2. The van der Waals surface area contributed by atoms with Crippen LogP contribution in [0.1, 0.15) is 33.4 Å². The lowest BCUT2D eigenvalue weighted by Crippen LogP contribution is -2.41. The summed E-state index contributed by atoms with van der Waals surface area (Å²) in [7, 11) is 0. The van der Waals surface area contributed by atoms with Crippen LogP contribution in [0.25, 0.3) is 0 Å². The van der Waals surface area contributed by atoms with Gasteiger partial charge in [-0.2, -0.15) is 0 Å². The molecule has 8 nitrogen and oxygen atoms in total. The van der Waals surface area contributed by atoms with Crippen LogP contribution in [0.3, 0.4) is 0 Å². The van der Waals surface area contributed by atoms with Crippen LogP contribution in [0.5, 0.6) is 0 Å². The Hall–Kier alpha value is -5.90. The zero-order valence-corrected chi connectivity index (χ0v) is 28.6. The van der Waals surface area contributed by atoms with E-state index in [-0.39, 0.29) is 13.2 Å². The van der Waals surface area contributed by atoms with Crippen molar-refractivity contribution in [3.63, 3.8) is 0 Å². The van der Waals surface area contributed by atoms with Crippen LogP contribution < -0.4 is 11.5 Å². The summed E-state index contributed by atoms with van der Waals surface area (Å²) in [6, 6.07) is 56.4. The molecule has 0 aliphatic rings. The molecule has 52 heavy (non-hydrogen) atoms. The average molecular weight is 695 g/mol. The summed E-state index contributed by atoms with van der Waals surface area (Å²) in [5, 5.41) is 18.4. The molecule has 0 heterocycles. The van der Waals surface area contributed by atoms with Crippen molar-refractivity contribution in [2.45, 2.75) is 23.3 Å². The molecule has 0 aliphatic carbocycles. The van der Waals surface area contributed by atoms with E-state index in [4.69, 9.17) is 20.9 Å². The highest BCUT2D eigenvalue weighted by atomic mass is 16.5. The number of carboxylic acid groups (broad SMARTS) is 2. The third kappa shape index (κ3) is 8.51. The van der Waals surface area contributed by atoms with Crippen LogP contribution >= 0.6 is 0 Å². The van der Waals surface area contributed by atoms with Gasteiger partial charge in [-0.25, -0.2) is 0 Å². The average Bonchev–Trinajstić information content (AvgIpc) is 3.21. The maximum absolute atomic E-state index is 11.2. The van der Waals surface area contributed by atoms with Crippen LogP contribution in [-0.2, 0) is 30.3 Å². The first-order chi connectivity index (χ1) is 25.3. The summed E-state index contributed by atoms with van der Waals surface area (Å²) in [5.41, 5.74) is 15.0. The van der Waals surface area contributed by atoms with E-state index in [0.29, 0.717) is 0 Å². The molecule has 0 aromatic heterocycles. The lowest BCUT2D eigenvalue weighted by Gasteiger charge is -2.36. The highest BCUT2D eigenvalue weighted by Gasteiger charge is 2.39. The van der Waals surface area contributed by atoms with Crippen LogP contribution in [0.15, 0.2) is 182 Å². The predicted molar refractivity (Wildman–Crippen MR) is 202 cm³/mol. The minimum Gasteiger partial charge on any atom is -0.480 e. The number of hydrogen-bond donors (Lipinski definition) is 4. The Labute approximate surface area is 303 Å². The van der Waals surface area contributed by atoms with E-state index < -0.39 is 35.2 Å².